The third-order valence-electron chi connectivity index (χ3n) is 2.51. The van der Waals surface area contributed by atoms with E-state index in [2.05, 4.69) is 0 Å². The van der Waals surface area contributed by atoms with E-state index < -0.39 is 10.0 Å². The molecule has 102 valence electrons. The molecule has 0 saturated carbocycles. The van der Waals surface area contributed by atoms with Crippen LogP contribution in [0, 0.1) is 0 Å². The highest BCUT2D eigenvalue weighted by molar-refractivity contribution is 7.89. The van der Waals surface area contributed by atoms with Gasteiger partial charge < -0.3 is 10.8 Å². The number of benzene rings is 1. The lowest BCUT2D eigenvalue weighted by Crippen LogP contribution is -2.32. The van der Waals surface area contributed by atoms with Gasteiger partial charge in [0.2, 0.25) is 10.0 Å². The summed E-state index contributed by atoms with van der Waals surface area (Å²) in [5, 5.41) is 9.17. The van der Waals surface area contributed by atoms with Gasteiger partial charge in [-0.3, -0.25) is 0 Å². The van der Waals surface area contributed by atoms with Gasteiger partial charge in [0, 0.05) is 24.7 Å². The third-order valence-corrected chi connectivity index (χ3v) is 4.79. The summed E-state index contributed by atoms with van der Waals surface area (Å²) in [6.07, 6.45) is 0.389. The first kappa shape index (κ1) is 15.2. The second-order valence-electron chi connectivity index (χ2n) is 3.76. The van der Waals surface area contributed by atoms with Gasteiger partial charge in [-0.05, 0) is 24.6 Å². The van der Waals surface area contributed by atoms with E-state index in [0.717, 1.165) is 0 Å². The molecule has 0 saturated heterocycles. The van der Waals surface area contributed by atoms with Gasteiger partial charge in [0.25, 0.3) is 0 Å². The Morgan fingerprint density at radius 3 is 2.61 bits per heavy atom. The number of halogens is 1. The molecular weight excluding hydrogens is 276 g/mol. The molecule has 0 amide bonds. The minimum Gasteiger partial charge on any atom is -0.398 e. The molecule has 0 aliphatic heterocycles. The summed E-state index contributed by atoms with van der Waals surface area (Å²) in [7, 11) is -3.63. The number of hydrogen-bond acceptors (Lipinski definition) is 4. The van der Waals surface area contributed by atoms with Crippen LogP contribution in [-0.2, 0) is 10.0 Å². The Bertz CT molecular complexity index is 505. The van der Waals surface area contributed by atoms with Crippen molar-refractivity contribution >= 4 is 27.3 Å². The number of rotatable bonds is 6. The Balaban J connectivity index is 3.10. The summed E-state index contributed by atoms with van der Waals surface area (Å²) < 4.78 is 25.9. The summed E-state index contributed by atoms with van der Waals surface area (Å²) in [6.45, 7) is 2.27. The standard InChI is InChI=1S/C11H17ClN2O3S/c1-2-14(6-3-7-15)18(16,17)11-5-4-9(12)8-10(11)13/h4-5,8,15H,2-3,6-7,13H2,1H3. The Morgan fingerprint density at radius 2 is 2.11 bits per heavy atom. The molecule has 3 N–H and O–H groups in total. The summed E-state index contributed by atoms with van der Waals surface area (Å²) in [5.41, 5.74) is 5.82. The normalized spacial score (nSPS) is 12.0. The van der Waals surface area contributed by atoms with Gasteiger partial charge in [-0.1, -0.05) is 18.5 Å². The number of nitrogen functional groups attached to an aromatic ring is 1. The zero-order chi connectivity index (χ0) is 13.8. The molecule has 0 aliphatic carbocycles. The van der Waals surface area contributed by atoms with Crippen LogP contribution in [0.5, 0.6) is 0 Å². The molecule has 0 radical (unpaired) electrons. The maximum Gasteiger partial charge on any atom is 0.245 e. The molecule has 0 atom stereocenters. The van der Waals surface area contributed by atoms with E-state index in [1.165, 1.54) is 22.5 Å². The topological polar surface area (TPSA) is 83.6 Å². The number of nitrogens with zero attached hydrogens (tertiary/aromatic N) is 1. The third kappa shape index (κ3) is 3.35. The molecule has 0 unspecified atom stereocenters. The minimum atomic E-state index is -3.63. The number of aliphatic hydroxyl groups excluding tert-OH is 1. The van der Waals surface area contributed by atoms with Crippen molar-refractivity contribution in [3.63, 3.8) is 0 Å². The van der Waals surface area contributed by atoms with Crippen LogP contribution in [0.25, 0.3) is 0 Å². The second-order valence-corrected chi connectivity index (χ2v) is 6.10. The van der Waals surface area contributed by atoms with Gasteiger partial charge >= 0.3 is 0 Å². The zero-order valence-electron chi connectivity index (χ0n) is 10.1. The number of nitrogens with two attached hydrogens (primary N) is 1. The van der Waals surface area contributed by atoms with Crippen LogP contribution >= 0.6 is 11.6 Å². The quantitative estimate of drug-likeness (QED) is 0.775. The van der Waals surface area contributed by atoms with Crippen molar-refractivity contribution in [1.82, 2.24) is 4.31 Å². The van der Waals surface area contributed by atoms with Crippen LogP contribution in [0.15, 0.2) is 23.1 Å². The van der Waals surface area contributed by atoms with Crippen LogP contribution in [0.2, 0.25) is 5.02 Å². The highest BCUT2D eigenvalue weighted by Gasteiger charge is 2.24. The summed E-state index contributed by atoms with van der Waals surface area (Å²) in [6, 6.07) is 4.30. The molecule has 1 aromatic rings. The minimum absolute atomic E-state index is 0.0479. The molecule has 1 aromatic carbocycles. The highest BCUT2D eigenvalue weighted by atomic mass is 35.5. The molecular formula is C11H17ClN2O3S. The fourth-order valence-corrected chi connectivity index (χ4v) is 3.35. The van der Waals surface area contributed by atoms with Crippen LogP contribution in [0.3, 0.4) is 0 Å². The van der Waals surface area contributed by atoms with E-state index >= 15 is 0 Å². The number of hydrogen-bond donors (Lipinski definition) is 2. The monoisotopic (exact) mass is 292 g/mol. The van der Waals surface area contributed by atoms with Crippen LogP contribution < -0.4 is 5.73 Å². The molecule has 0 aromatic heterocycles. The maximum atomic E-state index is 12.3. The van der Waals surface area contributed by atoms with Gasteiger partial charge in [-0.15, -0.1) is 0 Å². The SMILES string of the molecule is CCN(CCCO)S(=O)(=O)c1ccc(Cl)cc1N. The van der Waals surface area contributed by atoms with Crippen molar-refractivity contribution in [1.29, 1.82) is 0 Å². The van der Waals surface area contributed by atoms with Crippen molar-refractivity contribution in [2.45, 2.75) is 18.2 Å². The molecule has 1 rings (SSSR count). The van der Waals surface area contributed by atoms with E-state index in [0.29, 0.717) is 18.0 Å². The fraction of sp³-hybridized carbons (Fsp3) is 0.455. The van der Waals surface area contributed by atoms with Crippen LogP contribution in [0.1, 0.15) is 13.3 Å². The average Bonchev–Trinajstić information content (AvgIpc) is 2.29. The Hall–Kier alpha value is -0.820. The van der Waals surface area contributed by atoms with Gasteiger partial charge in [-0.2, -0.15) is 4.31 Å². The molecule has 5 nitrogen and oxygen atoms in total. The number of aliphatic hydroxyl groups is 1. The zero-order valence-corrected chi connectivity index (χ0v) is 11.7. The van der Waals surface area contributed by atoms with E-state index in [4.69, 9.17) is 22.4 Å². The summed E-state index contributed by atoms with van der Waals surface area (Å²) >= 11 is 5.74. The van der Waals surface area contributed by atoms with Crippen molar-refractivity contribution in [3.8, 4) is 0 Å². The predicted octanol–water partition coefficient (Wildman–Crippen LogP) is 1.32. The summed E-state index contributed by atoms with van der Waals surface area (Å²) in [4.78, 5) is 0.0479. The Labute approximate surface area is 112 Å². The van der Waals surface area contributed by atoms with Crippen molar-refractivity contribution in [2.24, 2.45) is 0 Å². The largest absolute Gasteiger partial charge is 0.398 e. The van der Waals surface area contributed by atoms with Crippen LogP contribution in [0.4, 0.5) is 5.69 Å². The molecule has 0 spiro atoms. The summed E-state index contributed by atoms with van der Waals surface area (Å²) in [5.74, 6) is 0. The lowest BCUT2D eigenvalue weighted by Gasteiger charge is -2.21. The predicted molar refractivity (Wildman–Crippen MR) is 72.0 cm³/mol. The Kier molecular flexibility index (Phi) is 5.40. The van der Waals surface area contributed by atoms with Crippen molar-refractivity contribution in [2.75, 3.05) is 25.4 Å². The Morgan fingerprint density at radius 1 is 1.44 bits per heavy atom. The lowest BCUT2D eigenvalue weighted by molar-refractivity contribution is 0.271. The van der Waals surface area contributed by atoms with E-state index in [9.17, 15) is 8.42 Å². The van der Waals surface area contributed by atoms with Crippen LogP contribution in [-0.4, -0.2) is 37.5 Å². The smallest absolute Gasteiger partial charge is 0.245 e. The van der Waals surface area contributed by atoms with Crippen molar-refractivity contribution < 1.29 is 13.5 Å². The molecule has 0 aliphatic rings. The van der Waals surface area contributed by atoms with E-state index in [1.807, 2.05) is 0 Å². The number of anilines is 1. The second kappa shape index (κ2) is 6.38. The fourth-order valence-electron chi connectivity index (χ4n) is 1.59. The van der Waals surface area contributed by atoms with Gasteiger partial charge in [0.1, 0.15) is 4.90 Å². The van der Waals surface area contributed by atoms with E-state index in [1.54, 1.807) is 6.92 Å². The number of sulfonamides is 1. The molecule has 0 bridgehead atoms. The molecule has 0 fully saturated rings. The van der Waals surface area contributed by atoms with Gasteiger partial charge in [0.15, 0.2) is 0 Å². The lowest BCUT2D eigenvalue weighted by atomic mass is 10.3. The molecule has 18 heavy (non-hydrogen) atoms. The van der Waals surface area contributed by atoms with Gasteiger partial charge in [0.05, 0.1) is 5.69 Å². The molecule has 7 heteroatoms. The van der Waals surface area contributed by atoms with Crippen molar-refractivity contribution in [3.05, 3.63) is 23.2 Å². The first-order valence-corrected chi connectivity index (χ1v) is 7.41. The maximum absolute atomic E-state index is 12.3. The first-order valence-electron chi connectivity index (χ1n) is 5.59. The first-order chi connectivity index (χ1) is 8.43. The molecule has 0 heterocycles. The average molecular weight is 293 g/mol. The van der Waals surface area contributed by atoms with Gasteiger partial charge in [-0.25, -0.2) is 8.42 Å². The van der Waals surface area contributed by atoms with E-state index in [-0.39, 0.29) is 23.7 Å². The highest BCUT2D eigenvalue weighted by Crippen LogP contribution is 2.25.